The Kier molecular flexibility index (Phi) is 9.17. The highest BCUT2D eigenvalue weighted by Gasteiger charge is 2.36. The molecule has 0 aliphatic rings. The topological polar surface area (TPSA) is 129 Å². The minimum absolute atomic E-state index is 0.254. The van der Waals surface area contributed by atoms with E-state index in [4.69, 9.17) is 0 Å². The molecule has 0 aliphatic heterocycles. The van der Waals surface area contributed by atoms with E-state index in [1.807, 2.05) is 60.7 Å². The van der Waals surface area contributed by atoms with Crippen molar-refractivity contribution in [3.05, 3.63) is 88.4 Å². The summed E-state index contributed by atoms with van der Waals surface area (Å²) < 4.78 is 27.3. The van der Waals surface area contributed by atoms with Crippen molar-refractivity contribution in [2.45, 2.75) is 37.5 Å². The molecule has 4 N–H and O–H groups in total. The van der Waals surface area contributed by atoms with Crippen LogP contribution < -0.4 is 10.0 Å². The number of carbonyl (C=O) groups is 1. The number of aliphatic hydroxyl groups excluding tert-OH is 1. The number of nitrogens with one attached hydrogen (secondary N) is 2. The van der Waals surface area contributed by atoms with Crippen LogP contribution in [0.3, 0.4) is 0 Å². The first-order valence-corrected chi connectivity index (χ1v) is 13.6. The molecule has 0 saturated carbocycles. The third-order valence-electron chi connectivity index (χ3n) is 5.56. The van der Waals surface area contributed by atoms with Crippen LogP contribution in [0.1, 0.15) is 16.0 Å². The predicted octanol–water partition coefficient (Wildman–Crippen LogP) is 2.70. The normalized spacial score (nSPS) is 15.2. The van der Waals surface area contributed by atoms with Crippen LogP contribution in [0.5, 0.6) is 0 Å². The van der Waals surface area contributed by atoms with Gasteiger partial charge in [-0.25, -0.2) is 17.9 Å². The molecule has 1 amide bonds. The summed E-state index contributed by atoms with van der Waals surface area (Å²) in [5.74, 6) is -0.629. The number of rotatable bonds is 12. The number of aromatic nitrogens is 1. The van der Waals surface area contributed by atoms with E-state index >= 15 is 0 Å². The number of nitrogens with zero attached hydrogens (tertiary/aromatic N) is 1. The lowest BCUT2D eigenvalue weighted by Gasteiger charge is -2.35. The second-order valence-electron chi connectivity index (χ2n) is 8.26. The maximum atomic E-state index is 12.3. The van der Waals surface area contributed by atoms with Gasteiger partial charge in [0.25, 0.3) is 0 Å². The summed E-state index contributed by atoms with van der Waals surface area (Å²) >= 11 is 1.40. The molecule has 3 rings (SSSR count). The zero-order chi connectivity index (χ0) is 24.6. The Labute approximate surface area is 203 Å². The molecule has 0 radical (unpaired) electrons. The van der Waals surface area contributed by atoms with Crippen LogP contribution in [0.15, 0.2) is 72.4 Å². The fourth-order valence-corrected chi connectivity index (χ4v) is 5.56. The number of hydrogen-bond acceptors (Lipinski definition) is 6. The van der Waals surface area contributed by atoms with Crippen molar-refractivity contribution < 1.29 is 23.4 Å². The average molecular weight is 504 g/mol. The second kappa shape index (κ2) is 12.1. The molecule has 1 heterocycles. The van der Waals surface area contributed by atoms with Crippen molar-refractivity contribution in [3.63, 3.8) is 0 Å². The van der Waals surface area contributed by atoms with Gasteiger partial charge in [-0.15, -0.1) is 11.3 Å². The molecular weight excluding hydrogens is 474 g/mol. The molecule has 182 valence electrons. The van der Waals surface area contributed by atoms with Gasteiger partial charge in [-0.2, -0.15) is 0 Å². The number of hydrogen-bond donors (Lipinski definition) is 4. The molecule has 1 unspecified atom stereocenters. The fourth-order valence-electron chi connectivity index (χ4n) is 4.08. The zero-order valence-corrected chi connectivity index (χ0v) is 20.4. The number of aliphatic hydroxyl groups is 1. The van der Waals surface area contributed by atoms with Crippen molar-refractivity contribution in [3.8, 4) is 0 Å². The fraction of sp³-hybridized carbons (Fsp3) is 0.333. The molecule has 0 spiro atoms. The Bertz CT molecular complexity index is 1130. The van der Waals surface area contributed by atoms with Crippen LogP contribution in [0.25, 0.3) is 0 Å². The first kappa shape index (κ1) is 25.8. The van der Waals surface area contributed by atoms with E-state index in [0.29, 0.717) is 12.8 Å². The van der Waals surface area contributed by atoms with Gasteiger partial charge >= 0.3 is 6.09 Å². The summed E-state index contributed by atoms with van der Waals surface area (Å²) in [6, 6.07) is 17.1. The van der Waals surface area contributed by atoms with Gasteiger partial charge < -0.3 is 15.5 Å². The number of thiazole rings is 1. The molecule has 4 atom stereocenters. The van der Waals surface area contributed by atoms with E-state index in [1.54, 1.807) is 11.7 Å². The van der Waals surface area contributed by atoms with Crippen LogP contribution in [-0.2, 0) is 29.3 Å². The number of carboxylic acid groups (broad SMARTS) is 1. The number of benzene rings is 2. The molecule has 10 heteroatoms. The van der Waals surface area contributed by atoms with Gasteiger partial charge in [0.15, 0.2) is 0 Å². The predicted molar refractivity (Wildman–Crippen MR) is 132 cm³/mol. The van der Waals surface area contributed by atoms with E-state index in [0.717, 1.165) is 22.3 Å². The lowest BCUT2D eigenvalue weighted by Crippen LogP contribution is -2.54. The molecule has 0 bridgehead atoms. The van der Waals surface area contributed by atoms with Gasteiger partial charge in [0.05, 0.1) is 23.9 Å². The van der Waals surface area contributed by atoms with Crippen LogP contribution in [0.2, 0.25) is 0 Å². The average Bonchev–Trinajstić information content (AvgIpc) is 3.30. The summed E-state index contributed by atoms with van der Waals surface area (Å²) in [7, 11) is -3.62. The highest BCUT2D eigenvalue weighted by molar-refractivity contribution is 7.88. The van der Waals surface area contributed by atoms with E-state index in [9.17, 15) is 23.4 Å². The summed E-state index contributed by atoms with van der Waals surface area (Å²) in [5, 5.41) is 23.5. The minimum Gasteiger partial charge on any atom is -0.465 e. The lowest BCUT2D eigenvalue weighted by atomic mass is 9.82. The summed E-state index contributed by atoms with van der Waals surface area (Å²) in [5.41, 5.74) is 3.43. The Balaban J connectivity index is 1.97. The molecular formula is C24H29N3O5S2. The summed E-state index contributed by atoms with van der Waals surface area (Å²) in [6.07, 6.45) is 1.25. The molecule has 3 aromatic rings. The quantitative estimate of drug-likeness (QED) is 0.301. The van der Waals surface area contributed by atoms with Crippen molar-refractivity contribution in [2.24, 2.45) is 5.92 Å². The van der Waals surface area contributed by atoms with Crippen molar-refractivity contribution in [2.75, 3.05) is 6.26 Å². The Morgan fingerprint density at radius 3 is 2.00 bits per heavy atom. The monoisotopic (exact) mass is 503 g/mol. The molecule has 0 saturated heterocycles. The van der Waals surface area contributed by atoms with Crippen LogP contribution in [0, 0.1) is 5.92 Å². The SMILES string of the molecule is CS(=O)(=O)N[C@@H](Cc1ccccc1)C(Cc1cncs1)[C@H](O)[C@H](Cc1ccccc1)NC(=O)O. The maximum Gasteiger partial charge on any atom is 0.404 e. The van der Waals surface area contributed by atoms with Crippen molar-refractivity contribution >= 4 is 27.5 Å². The Hall–Kier alpha value is -2.79. The molecule has 34 heavy (non-hydrogen) atoms. The largest absolute Gasteiger partial charge is 0.465 e. The minimum atomic E-state index is -3.62. The molecule has 0 aliphatic carbocycles. The molecule has 1 aromatic heterocycles. The summed E-state index contributed by atoms with van der Waals surface area (Å²) in [4.78, 5) is 16.6. The van der Waals surface area contributed by atoms with Gasteiger partial charge in [0, 0.05) is 23.0 Å². The van der Waals surface area contributed by atoms with Crippen LogP contribution >= 0.6 is 11.3 Å². The highest BCUT2D eigenvalue weighted by atomic mass is 32.2. The van der Waals surface area contributed by atoms with Crippen LogP contribution in [-0.4, -0.2) is 54.2 Å². The zero-order valence-electron chi connectivity index (χ0n) is 18.7. The standard InChI is InChI=1S/C24H29N3O5S2/c1-34(31,32)27-21(12-17-8-4-2-5-9-17)20(14-19-15-25-16-33-19)23(28)22(26-24(29)30)13-18-10-6-3-7-11-18/h2-11,15-16,20-23,26-28H,12-14H2,1H3,(H,29,30)/t20?,21-,22-,23-/m0/s1. The van der Waals surface area contributed by atoms with E-state index < -0.39 is 40.2 Å². The van der Waals surface area contributed by atoms with Gasteiger partial charge in [0.2, 0.25) is 10.0 Å². The first-order chi connectivity index (χ1) is 16.2. The third-order valence-corrected chi connectivity index (χ3v) is 7.09. The Morgan fingerprint density at radius 2 is 1.53 bits per heavy atom. The number of sulfonamides is 1. The van der Waals surface area contributed by atoms with Gasteiger partial charge in [-0.3, -0.25) is 4.98 Å². The molecule has 0 fully saturated rings. The maximum absolute atomic E-state index is 12.3. The summed E-state index contributed by atoms with van der Waals surface area (Å²) in [6.45, 7) is 0. The van der Waals surface area contributed by atoms with Crippen LogP contribution in [0.4, 0.5) is 4.79 Å². The second-order valence-corrected chi connectivity index (χ2v) is 11.0. The van der Waals surface area contributed by atoms with Crippen molar-refractivity contribution in [1.82, 2.24) is 15.0 Å². The molecule has 2 aromatic carbocycles. The van der Waals surface area contributed by atoms with Gasteiger partial charge in [0.1, 0.15) is 0 Å². The van der Waals surface area contributed by atoms with E-state index in [1.165, 1.54) is 11.3 Å². The van der Waals surface area contributed by atoms with Crippen molar-refractivity contribution in [1.29, 1.82) is 0 Å². The number of amides is 1. The Morgan fingerprint density at radius 1 is 0.971 bits per heavy atom. The van der Waals surface area contributed by atoms with Gasteiger partial charge in [-0.05, 0) is 30.4 Å². The van der Waals surface area contributed by atoms with E-state index in [-0.39, 0.29) is 6.42 Å². The molecule has 8 nitrogen and oxygen atoms in total. The van der Waals surface area contributed by atoms with E-state index in [2.05, 4.69) is 15.0 Å². The first-order valence-electron chi connectivity index (χ1n) is 10.8. The van der Waals surface area contributed by atoms with Gasteiger partial charge in [-0.1, -0.05) is 60.7 Å². The third kappa shape index (κ3) is 8.21. The lowest BCUT2D eigenvalue weighted by molar-refractivity contribution is 0.0528. The smallest absolute Gasteiger partial charge is 0.404 e. The highest BCUT2D eigenvalue weighted by Crippen LogP contribution is 2.25.